The van der Waals surface area contributed by atoms with Gasteiger partial charge in [0.25, 0.3) is 0 Å². The highest BCUT2D eigenvalue weighted by Crippen LogP contribution is 2.19. The predicted octanol–water partition coefficient (Wildman–Crippen LogP) is 4.88. The molecule has 1 unspecified atom stereocenters. The Morgan fingerprint density at radius 2 is 1.83 bits per heavy atom. The van der Waals surface area contributed by atoms with E-state index in [1.165, 1.54) is 0 Å². The van der Waals surface area contributed by atoms with E-state index in [2.05, 4.69) is 26.0 Å². The molecule has 0 fully saturated rings. The van der Waals surface area contributed by atoms with Crippen molar-refractivity contribution in [3.05, 3.63) is 12.2 Å². The molecule has 106 valence electrons. The van der Waals surface area contributed by atoms with E-state index in [1.807, 2.05) is 20.8 Å². The number of carbonyl (C=O) groups excluding carboxylic acids is 1. The summed E-state index contributed by atoms with van der Waals surface area (Å²) in [6.07, 6.45) is 10.8. The average molecular weight is 254 g/mol. The van der Waals surface area contributed by atoms with E-state index in [1.54, 1.807) is 0 Å². The fraction of sp³-hybridized carbons (Fsp3) is 0.812. The number of hydrogen-bond donors (Lipinski definition) is 0. The lowest BCUT2D eigenvalue weighted by Gasteiger charge is -2.23. The van der Waals surface area contributed by atoms with Gasteiger partial charge >= 0.3 is 5.97 Å². The first-order valence-corrected chi connectivity index (χ1v) is 7.28. The fourth-order valence-corrected chi connectivity index (χ4v) is 1.81. The van der Waals surface area contributed by atoms with Crippen molar-refractivity contribution in [1.29, 1.82) is 0 Å². The van der Waals surface area contributed by atoms with Crippen LogP contribution in [0.25, 0.3) is 0 Å². The van der Waals surface area contributed by atoms with E-state index < -0.39 is 0 Å². The van der Waals surface area contributed by atoms with Gasteiger partial charge in [-0.25, -0.2) is 0 Å². The van der Waals surface area contributed by atoms with Crippen LogP contribution in [-0.2, 0) is 9.53 Å². The van der Waals surface area contributed by atoms with E-state index in [0.717, 1.165) is 38.5 Å². The molecule has 0 rings (SSSR count). The highest BCUT2D eigenvalue weighted by Gasteiger charge is 2.23. The second-order valence-corrected chi connectivity index (χ2v) is 5.80. The summed E-state index contributed by atoms with van der Waals surface area (Å²) in [6, 6.07) is 0. The minimum absolute atomic E-state index is 0.0332. The molecule has 0 amide bonds. The molecule has 1 atom stereocenters. The monoisotopic (exact) mass is 254 g/mol. The highest BCUT2D eigenvalue weighted by atomic mass is 16.6. The molecule has 0 aromatic heterocycles. The lowest BCUT2D eigenvalue weighted by atomic mass is 9.98. The molecule has 0 saturated heterocycles. The number of esters is 1. The van der Waals surface area contributed by atoms with Crippen molar-refractivity contribution in [2.45, 2.75) is 78.7 Å². The van der Waals surface area contributed by atoms with Crippen molar-refractivity contribution in [2.24, 2.45) is 5.92 Å². The van der Waals surface area contributed by atoms with Crippen LogP contribution >= 0.6 is 0 Å². The molecule has 2 nitrogen and oxygen atoms in total. The van der Waals surface area contributed by atoms with Crippen LogP contribution in [0.2, 0.25) is 0 Å². The molecule has 0 radical (unpaired) electrons. The Kier molecular flexibility index (Phi) is 8.78. The summed E-state index contributed by atoms with van der Waals surface area (Å²) in [5.41, 5.74) is -0.367. The Balaban J connectivity index is 3.89. The molecule has 0 spiro atoms. The maximum Gasteiger partial charge on any atom is 0.309 e. The van der Waals surface area contributed by atoms with Crippen LogP contribution in [0.3, 0.4) is 0 Å². The van der Waals surface area contributed by atoms with Crippen LogP contribution in [-0.4, -0.2) is 11.6 Å². The van der Waals surface area contributed by atoms with Crippen LogP contribution in [0.4, 0.5) is 0 Å². The largest absolute Gasteiger partial charge is 0.460 e. The van der Waals surface area contributed by atoms with Crippen molar-refractivity contribution < 1.29 is 9.53 Å². The summed E-state index contributed by atoms with van der Waals surface area (Å²) < 4.78 is 5.43. The Labute approximate surface area is 113 Å². The van der Waals surface area contributed by atoms with Crippen molar-refractivity contribution in [3.8, 4) is 0 Å². The zero-order chi connectivity index (χ0) is 14.0. The Hall–Kier alpha value is -0.790. The van der Waals surface area contributed by atoms with Gasteiger partial charge in [-0.2, -0.15) is 0 Å². The molecule has 18 heavy (non-hydrogen) atoms. The summed E-state index contributed by atoms with van der Waals surface area (Å²) >= 11 is 0. The molecular weight excluding hydrogens is 224 g/mol. The van der Waals surface area contributed by atoms with Crippen LogP contribution < -0.4 is 0 Å². The lowest BCUT2D eigenvalue weighted by molar-refractivity contribution is -0.160. The first kappa shape index (κ1) is 17.2. The summed E-state index contributed by atoms with van der Waals surface area (Å²) in [7, 11) is 0. The maximum absolute atomic E-state index is 11.9. The zero-order valence-electron chi connectivity index (χ0n) is 12.8. The van der Waals surface area contributed by atoms with E-state index in [4.69, 9.17) is 4.74 Å². The number of ether oxygens (including phenoxy) is 1. The summed E-state index contributed by atoms with van der Waals surface area (Å²) in [4.78, 5) is 11.9. The second-order valence-electron chi connectivity index (χ2n) is 5.80. The molecule has 0 bridgehead atoms. The third-order valence-electron chi connectivity index (χ3n) is 2.81. The van der Waals surface area contributed by atoms with Gasteiger partial charge in [0.05, 0.1) is 5.92 Å². The number of unbranched alkanes of at least 4 members (excludes halogenated alkanes) is 2. The summed E-state index contributed by atoms with van der Waals surface area (Å²) in [5.74, 6) is 0.0356. The molecule has 0 saturated carbocycles. The molecule has 0 aliphatic rings. The standard InChI is InChI=1S/C16H30O2/c1-6-8-9-10-11-12-13-14(7-2)15(17)18-16(3,4)5/h8-9,14H,6-7,10-13H2,1-5H3. The first-order valence-electron chi connectivity index (χ1n) is 7.28. The van der Waals surface area contributed by atoms with Gasteiger partial charge in [-0.1, -0.05) is 32.4 Å². The third kappa shape index (κ3) is 9.26. The van der Waals surface area contributed by atoms with Crippen LogP contribution in [0, 0.1) is 5.92 Å². The van der Waals surface area contributed by atoms with Crippen LogP contribution in [0.5, 0.6) is 0 Å². The SMILES string of the molecule is CCC=CCCCCC(CC)C(=O)OC(C)(C)C. The van der Waals surface area contributed by atoms with Gasteiger partial charge in [0.1, 0.15) is 5.60 Å². The third-order valence-corrected chi connectivity index (χ3v) is 2.81. The number of hydrogen-bond acceptors (Lipinski definition) is 2. The second kappa shape index (κ2) is 9.18. The van der Waals surface area contributed by atoms with Gasteiger partial charge in [0, 0.05) is 0 Å². The topological polar surface area (TPSA) is 26.3 Å². The Morgan fingerprint density at radius 3 is 2.33 bits per heavy atom. The van der Waals surface area contributed by atoms with Crippen molar-refractivity contribution >= 4 is 5.97 Å². The minimum atomic E-state index is -0.367. The number of carbonyl (C=O) groups is 1. The van der Waals surface area contributed by atoms with Crippen LogP contribution in [0.15, 0.2) is 12.2 Å². The van der Waals surface area contributed by atoms with Crippen molar-refractivity contribution in [3.63, 3.8) is 0 Å². The number of rotatable bonds is 8. The van der Waals surface area contributed by atoms with Gasteiger partial charge in [-0.3, -0.25) is 4.79 Å². The van der Waals surface area contributed by atoms with Gasteiger partial charge < -0.3 is 4.74 Å². The van der Waals surface area contributed by atoms with Crippen LogP contribution in [0.1, 0.15) is 73.1 Å². The number of allylic oxidation sites excluding steroid dienone is 2. The Morgan fingerprint density at radius 1 is 1.17 bits per heavy atom. The van der Waals surface area contributed by atoms with E-state index >= 15 is 0 Å². The minimum Gasteiger partial charge on any atom is -0.460 e. The normalized spacial score (nSPS) is 13.8. The zero-order valence-corrected chi connectivity index (χ0v) is 12.8. The van der Waals surface area contributed by atoms with Gasteiger partial charge in [-0.15, -0.1) is 0 Å². The molecule has 0 aliphatic heterocycles. The predicted molar refractivity (Wildman–Crippen MR) is 77.5 cm³/mol. The van der Waals surface area contributed by atoms with Gasteiger partial charge in [0.2, 0.25) is 0 Å². The lowest BCUT2D eigenvalue weighted by Crippen LogP contribution is -2.28. The van der Waals surface area contributed by atoms with Gasteiger partial charge in [-0.05, 0) is 52.9 Å². The molecular formula is C16H30O2. The maximum atomic E-state index is 11.9. The fourth-order valence-electron chi connectivity index (χ4n) is 1.81. The first-order chi connectivity index (χ1) is 8.40. The Bertz CT molecular complexity index is 248. The quantitative estimate of drug-likeness (QED) is 0.350. The average Bonchev–Trinajstić information content (AvgIpc) is 2.25. The summed E-state index contributed by atoms with van der Waals surface area (Å²) in [5, 5.41) is 0. The molecule has 0 heterocycles. The molecule has 0 aromatic rings. The van der Waals surface area contributed by atoms with Crippen molar-refractivity contribution in [2.75, 3.05) is 0 Å². The summed E-state index contributed by atoms with van der Waals surface area (Å²) in [6.45, 7) is 9.98. The molecule has 0 aliphatic carbocycles. The molecule has 0 N–H and O–H groups in total. The van der Waals surface area contributed by atoms with E-state index in [0.29, 0.717) is 0 Å². The molecule has 0 aromatic carbocycles. The molecule has 2 heteroatoms. The van der Waals surface area contributed by atoms with E-state index in [-0.39, 0.29) is 17.5 Å². The van der Waals surface area contributed by atoms with Crippen molar-refractivity contribution in [1.82, 2.24) is 0 Å². The van der Waals surface area contributed by atoms with E-state index in [9.17, 15) is 4.79 Å². The highest BCUT2D eigenvalue weighted by molar-refractivity contribution is 5.72. The smallest absolute Gasteiger partial charge is 0.309 e. The van der Waals surface area contributed by atoms with Gasteiger partial charge in [0.15, 0.2) is 0 Å².